The van der Waals surface area contributed by atoms with Gasteiger partial charge >= 0.3 is 0 Å². The van der Waals surface area contributed by atoms with Gasteiger partial charge in [-0.2, -0.15) is 0 Å². The summed E-state index contributed by atoms with van der Waals surface area (Å²) in [6.07, 6.45) is 6.51. The predicted octanol–water partition coefficient (Wildman–Crippen LogP) is 1.18. The van der Waals surface area contributed by atoms with Crippen molar-refractivity contribution in [3.63, 3.8) is 0 Å². The van der Waals surface area contributed by atoms with Crippen LogP contribution >= 0.6 is 0 Å². The highest BCUT2D eigenvalue weighted by molar-refractivity contribution is 5.77. The molecule has 1 saturated carbocycles. The van der Waals surface area contributed by atoms with E-state index in [9.17, 15) is 4.79 Å². The molecule has 0 aromatic carbocycles. The quantitative estimate of drug-likeness (QED) is 0.804. The van der Waals surface area contributed by atoms with E-state index in [0.29, 0.717) is 12.5 Å². The summed E-state index contributed by atoms with van der Waals surface area (Å²) in [6, 6.07) is 0. The van der Waals surface area contributed by atoms with Crippen LogP contribution in [0.5, 0.6) is 0 Å². The minimum atomic E-state index is 0.145. The average Bonchev–Trinajstić information content (AvgIpc) is 2.90. The molecule has 4 heteroatoms. The van der Waals surface area contributed by atoms with E-state index in [1.54, 1.807) is 0 Å². The Labute approximate surface area is 103 Å². The molecule has 0 radical (unpaired) electrons. The van der Waals surface area contributed by atoms with E-state index in [1.807, 2.05) is 4.90 Å². The van der Waals surface area contributed by atoms with Gasteiger partial charge in [-0.1, -0.05) is 0 Å². The molecule has 0 aromatic rings. The predicted molar refractivity (Wildman–Crippen MR) is 64.6 cm³/mol. The Kier molecular flexibility index (Phi) is 4.80. The van der Waals surface area contributed by atoms with Crippen LogP contribution in [0.25, 0.3) is 0 Å². The average molecular weight is 241 g/mol. The summed E-state index contributed by atoms with van der Waals surface area (Å²) in [5.74, 6) is 0.593. The van der Waals surface area contributed by atoms with Crippen molar-refractivity contribution in [2.45, 2.75) is 44.6 Å². The van der Waals surface area contributed by atoms with Gasteiger partial charge in [-0.3, -0.25) is 4.79 Å². The molecule has 1 N–H and O–H groups in total. The van der Waals surface area contributed by atoms with Crippen LogP contribution in [0.3, 0.4) is 0 Å². The van der Waals surface area contributed by atoms with Gasteiger partial charge < -0.3 is 14.7 Å². The van der Waals surface area contributed by atoms with E-state index < -0.39 is 0 Å². The first-order chi connectivity index (χ1) is 8.29. The maximum atomic E-state index is 11.8. The number of carbonyl (C=O) groups excluding carboxylic acids is 1. The highest BCUT2D eigenvalue weighted by Gasteiger charge is 2.23. The molecule has 2 fully saturated rings. The second-order valence-corrected chi connectivity index (χ2v) is 5.22. The van der Waals surface area contributed by atoms with Crippen molar-refractivity contribution < 1.29 is 14.6 Å². The van der Waals surface area contributed by atoms with E-state index in [1.165, 1.54) is 0 Å². The lowest BCUT2D eigenvalue weighted by Crippen LogP contribution is -2.33. The number of hydrogen-bond donors (Lipinski definition) is 1. The van der Waals surface area contributed by atoms with Crippen molar-refractivity contribution in [3.8, 4) is 0 Å². The van der Waals surface area contributed by atoms with Crippen LogP contribution in [0.15, 0.2) is 0 Å². The van der Waals surface area contributed by atoms with Gasteiger partial charge in [0.25, 0.3) is 0 Å². The van der Waals surface area contributed by atoms with Gasteiger partial charge in [0.15, 0.2) is 0 Å². The van der Waals surface area contributed by atoms with Crippen molar-refractivity contribution in [2.24, 2.45) is 5.92 Å². The fourth-order valence-corrected chi connectivity index (χ4v) is 2.73. The van der Waals surface area contributed by atoms with Crippen LogP contribution in [0.4, 0.5) is 0 Å². The molecule has 0 spiro atoms. The molecule has 4 nitrogen and oxygen atoms in total. The molecule has 0 unspecified atom stereocenters. The molecule has 2 rings (SSSR count). The summed E-state index contributed by atoms with van der Waals surface area (Å²) in [5, 5.41) is 9.04. The first-order valence-electron chi connectivity index (χ1n) is 6.80. The highest BCUT2D eigenvalue weighted by Crippen LogP contribution is 2.25. The standard InChI is InChI=1S/C13H23NO3/c15-9-11-3-5-12(6-4-11)17-10-13(16)14-7-1-2-8-14/h11-12,15H,1-10H2. The minimum absolute atomic E-state index is 0.145. The molecular weight excluding hydrogens is 218 g/mol. The Balaban J connectivity index is 1.63. The molecule has 0 aromatic heterocycles. The first-order valence-corrected chi connectivity index (χ1v) is 6.80. The van der Waals surface area contributed by atoms with Gasteiger partial charge in [0.05, 0.1) is 6.10 Å². The third kappa shape index (κ3) is 3.68. The molecule has 1 heterocycles. The Bertz CT molecular complexity index is 243. The van der Waals surface area contributed by atoms with Gasteiger partial charge in [0.1, 0.15) is 6.61 Å². The smallest absolute Gasteiger partial charge is 0.248 e. The molecule has 1 saturated heterocycles. The van der Waals surface area contributed by atoms with Crippen molar-refractivity contribution in [1.29, 1.82) is 0 Å². The second-order valence-electron chi connectivity index (χ2n) is 5.22. The van der Waals surface area contributed by atoms with Crippen molar-refractivity contribution >= 4 is 5.91 Å². The highest BCUT2D eigenvalue weighted by atomic mass is 16.5. The summed E-state index contributed by atoms with van der Waals surface area (Å²) in [4.78, 5) is 13.7. The molecular formula is C13H23NO3. The van der Waals surface area contributed by atoms with Gasteiger partial charge in [0, 0.05) is 19.7 Å². The molecule has 2 aliphatic rings. The van der Waals surface area contributed by atoms with E-state index in [-0.39, 0.29) is 18.6 Å². The van der Waals surface area contributed by atoms with Gasteiger partial charge in [0.2, 0.25) is 5.91 Å². The third-order valence-corrected chi connectivity index (χ3v) is 3.95. The summed E-state index contributed by atoms with van der Waals surface area (Å²) in [5.41, 5.74) is 0. The summed E-state index contributed by atoms with van der Waals surface area (Å²) in [7, 11) is 0. The van der Waals surface area contributed by atoms with Crippen molar-refractivity contribution in [1.82, 2.24) is 4.90 Å². The summed E-state index contributed by atoms with van der Waals surface area (Å²) in [6.45, 7) is 2.34. The molecule has 0 atom stereocenters. The normalized spacial score (nSPS) is 29.6. The number of rotatable bonds is 4. The SMILES string of the molecule is O=C(COC1CCC(CO)CC1)N1CCCC1. The van der Waals surface area contributed by atoms with E-state index >= 15 is 0 Å². The van der Waals surface area contributed by atoms with E-state index in [0.717, 1.165) is 51.6 Å². The zero-order valence-corrected chi connectivity index (χ0v) is 10.4. The molecule has 17 heavy (non-hydrogen) atoms. The lowest BCUT2D eigenvalue weighted by atomic mass is 9.88. The Morgan fingerprint density at radius 3 is 2.41 bits per heavy atom. The van der Waals surface area contributed by atoms with Gasteiger partial charge in [-0.05, 0) is 44.4 Å². The Morgan fingerprint density at radius 2 is 1.82 bits per heavy atom. The number of amides is 1. The van der Waals surface area contributed by atoms with Crippen LogP contribution in [0, 0.1) is 5.92 Å². The zero-order chi connectivity index (χ0) is 12.1. The molecule has 98 valence electrons. The van der Waals surface area contributed by atoms with Crippen LogP contribution in [-0.2, 0) is 9.53 Å². The fraction of sp³-hybridized carbons (Fsp3) is 0.923. The number of hydrogen-bond acceptors (Lipinski definition) is 3. The number of aliphatic hydroxyl groups is 1. The monoisotopic (exact) mass is 241 g/mol. The van der Waals surface area contributed by atoms with Gasteiger partial charge in [-0.15, -0.1) is 0 Å². The first kappa shape index (κ1) is 12.8. The lowest BCUT2D eigenvalue weighted by Gasteiger charge is -2.27. The van der Waals surface area contributed by atoms with Crippen LogP contribution in [0.2, 0.25) is 0 Å². The van der Waals surface area contributed by atoms with Crippen LogP contribution in [0.1, 0.15) is 38.5 Å². The number of ether oxygens (including phenoxy) is 1. The number of aliphatic hydroxyl groups excluding tert-OH is 1. The fourth-order valence-electron chi connectivity index (χ4n) is 2.73. The Morgan fingerprint density at radius 1 is 1.18 bits per heavy atom. The molecule has 1 aliphatic heterocycles. The van der Waals surface area contributed by atoms with Crippen molar-refractivity contribution in [3.05, 3.63) is 0 Å². The molecule has 1 amide bonds. The van der Waals surface area contributed by atoms with E-state index in [4.69, 9.17) is 9.84 Å². The van der Waals surface area contributed by atoms with Crippen molar-refractivity contribution in [2.75, 3.05) is 26.3 Å². The summed E-state index contributed by atoms with van der Waals surface area (Å²) < 4.78 is 5.68. The molecule has 0 bridgehead atoms. The number of nitrogens with zero attached hydrogens (tertiary/aromatic N) is 1. The van der Waals surface area contributed by atoms with Gasteiger partial charge in [-0.25, -0.2) is 0 Å². The maximum Gasteiger partial charge on any atom is 0.248 e. The maximum absolute atomic E-state index is 11.8. The number of carbonyl (C=O) groups is 1. The topological polar surface area (TPSA) is 49.8 Å². The van der Waals surface area contributed by atoms with E-state index in [2.05, 4.69) is 0 Å². The molecule has 1 aliphatic carbocycles. The number of likely N-dealkylation sites (tertiary alicyclic amines) is 1. The summed E-state index contributed by atoms with van der Waals surface area (Å²) >= 11 is 0. The Hall–Kier alpha value is -0.610. The van der Waals surface area contributed by atoms with Crippen LogP contribution < -0.4 is 0 Å². The second kappa shape index (κ2) is 6.36. The largest absolute Gasteiger partial charge is 0.396 e. The van der Waals surface area contributed by atoms with Crippen LogP contribution in [-0.4, -0.2) is 48.3 Å². The minimum Gasteiger partial charge on any atom is -0.396 e. The zero-order valence-electron chi connectivity index (χ0n) is 10.4. The lowest BCUT2D eigenvalue weighted by molar-refractivity contribution is -0.138. The third-order valence-electron chi connectivity index (χ3n) is 3.95.